The number of carbonyl (C=O) groups excluding carboxylic acids is 1. The summed E-state index contributed by atoms with van der Waals surface area (Å²) in [5.41, 5.74) is 3.47. The van der Waals surface area contributed by atoms with Crippen LogP contribution in [-0.4, -0.2) is 53.4 Å². The molecule has 1 amide bonds. The highest BCUT2D eigenvalue weighted by atomic mass is 19.1. The van der Waals surface area contributed by atoms with Crippen LogP contribution in [0.2, 0.25) is 0 Å². The Labute approximate surface area is 205 Å². The number of amidine groups is 1. The van der Waals surface area contributed by atoms with Gasteiger partial charge < -0.3 is 9.80 Å². The molecular weight excluding hydrogens is 441 g/mol. The molecule has 35 heavy (non-hydrogen) atoms. The lowest BCUT2D eigenvalue weighted by Gasteiger charge is -2.52. The van der Waals surface area contributed by atoms with Gasteiger partial charge in [-0.05, 0) is 65.2 Å². The van der Waals surface area contributed by atoms with Gasteiger partial charge in [-0.1, -0.05) is 38.1 Å². The van der Waals surface area contributed by atoms with E-state index in [1.807, 2.05) is 21.9 Å². The molecule has 2 heterocycles. The maximum atomic E-state index is 13.8. The normalized spacial score (nSPS) is 31.3. The SMILES string of the molecule is CC1C2=C(C=C2)[C@]2(c3ccc(F)cc3)C1CN(C(=O)[C@H]1CCN(C(=N)/C=C\C(=N)C#N)C1)C[C@@H]2C. The Morgan fingerprint density at radius 2 is 1.86 bits per heavy atom. The van der Waals surface area contributed by atoms with Gasteiger partial charge in [0.2, 0.25) is 5.91 Å². The number of allylic oxidation sites excluding steroid dienone is 5. The second-order valence-corrected chi connectivity index (χ2v) is 10.3. The fraction of sp³-hybridized carbons (Fsp3) is 0.429. The summed E-state index contributed by atoms with van der Waals surface area (Å²) in [7, 11) is 0. The number of nitrogens with one attached hydrogen (secondary N) is 2. The van der Waals surface area contributed by atoms with Crippen molar-refractivity contribution < 1.29 is 9.18 Å². The first-order valence-corrected chi connectivity index (χ1v) is 12.2. The standard InChI is InChI=1S/C28H30FN5O/c1-17-14-34(27(35)19-11-12-33(15-19)26(32)10-7-22(31)13-30)16-25-18(2)23-8-9-24(23)28(17,25)20-3-5-21(29)6-4-20/h3-10,17-19,25,31-32H,11-12,14-16H2,1-2H3/b10-7-,31-22?,32-26?/t17-,18?,19-,25?,28-/m0/s1. The highest BCUT2D eigenvalue weighted by Gasteiger charge is 2.59. The quantitative estimate of drug-likeness (QED) is 0.512. The number of piperidine rings is 1. The number of amides is 1. The first kappa shape index (κ1) is 23.2. The van der Waals surface area contributed by atoms with Gasteiger partial charge in [0.15, 0.2) is 0 Å². The summed E-state index contributed by atoms with van der Waals surface area (Å²) in [6.45, 7) is 6.88. The van der Waals surface area contributed by atoms with E-state index in [0.29, 0.717) is 38.5 Å². The highest BCUT2D eigenvalue weighted by Crippen LogP contribution is 2.61. The summed E-state index contributed by atoms with van der Waals surface area (Å²) in [4.78, 5) is 17.5. The summed E-state index contributed by atoms with van der Waals surface area (Å²) in [6, 6.07) is 8.67. The number of nitriles is 1. The molecule has 2 aliphatic carbocycles. The zero-order chi connectivity index (χ0) is 24.9. The van der Waals surface area contributed by atoms with E-state index in [9.17, 15) is 9.18 Å². The molecule has 5 atom stereocenters. The van der Waals surface area contributed by atoms with E-state index < -0.39 is 0 Å². The maximum Gasteiger partial charge on any atom is 0.227 e. The molecule has 1 aromatic carbocycles. The van der Waals surface area contributed by atoms with E-state index in [1.165, 1.54) is 23.3 Å². The first-order valence-electron chi connectivity index (χ1n) is 12.2. The van der Waals surface area contributed by atoms with Crippen molar-refractivity contribution in [3.05, 3.63) is 71.1 Å². The summed E-state index contributed by atoms with van der Waals surface area (Å²) in [5, 5.41) is 24.4. The topological polar surface area (TPSA) is 95.0 Å². The van der Waals surface area contributed by atoms with Crippen molar-refractivity contribution in [3.8, 4) is 6.07 Å². The van der Waals surface area contributed by atoms with E-state index >= 15 is 0 Å². The zero-order valence-electron chi connectivity index (χ0n) is 20.1. The van der Waals surface area contributed by atoms with Crippen molar-refractivity contribution in [2.75, 3.05) is 26.2 Å². The number of carbonyl (C=O) groups is 1. The molecule has 2 unspecified atom stereocenters. The van der Waals surface area contributed by atoms with Crippen LogP contribution in [0, 0.1) is 51.6 Å². The van der Waals surface area contributed by atoms with E-state index in [4.69, 9.17) is 16.1 Å². The maximum absolute atomic E-state index is 13.8. The van der Waals surface area contributed by atoms with Crippen LogP contribution in [0.3, 0.4) is 0 Å². The van der Waals surface area contributed by atoms with Gasteiger partial charge in [-0.15, -0.1) is 0 Å². The zero-order valence-corrected chi connectivity index (χ0v) is 20.1. The van der Waals surface area contributed by atoms with Crippen LogP contribution in [0.1, 0.15) is 25.8 Å². The molecule has 5 rings (SSSR count). The third-order valence-corrected chi connectivity index (χ3v) is 8.59. The van der Waals surface area contributed by atoms with Crippen molar-refractivity contribution in [2.24, 2.45) is 23.7 Å². The van der Waals surface area contributed by atoms with Gasteiger partial charge in [0.05, 0.1) is 5.92 Å². The van der Waals surface area contributed by atoms with Crippen molar-refractivity contribution in [3.63, 3.8) is 0 Å². The predicted octanol–water partition coefficient (Wildman–Crippen LogP) is 4.07. The van der Waals surface area contributed by atoms with Crippen LogP contribution in [0.25, 0.3) is 0 Å². The van der Waals surface area contributed by atoms with Crippen LogP contribution in [0.4, 0.5) is 4.39 Å². The average Bonchev–Trinajstić information content (AvgIpc) is 3.38. The van der Waals surface area contributed by atoms with Crippen molar-refractivity contribution in [1.82, 2.24) is 9.80 Å². The first-order chi connectivity index (χ1) is 16.8. The van der Waals surface area contributed by atoms with Gasteiger partial charge >= 0.3 is 0 Å². The molecule has 4 aliphatic rings. The Hall–Kier alpha value is -3.53. The molecule has 0 radical (unpaired) electrons. The number of benzene rings is 1. The van der Waals surface area contributed by atoms with Crippen molar-refractivity contribution >= 4 is 17.5 Å². The number of hydrogen-bond acceptors (Lipinski definition) is 4. The van der Waals surface area contributed by atoms with Crippen molar-refractivity contribution in [1.29, 1.82) is 16.1 Å². The number of halogens is 1. The van der Waals surface area contributed by atoms with Crippen molar-refractivity contribution in [2.45, 2.75) is 25.7 Å². The Morgan fingerprint density at radius 1 is 1.11 bits per heavy atom. The van der Waals surface area contributed by atoms with Crippen LogP contribution in [0.5, 0.6) is 0 Å². The smallest absolute Gasteiger partial charge is 0.227 e. The molecule has 180 valence electrons. The van der Waals surface area contributed by atoms with Crippen LogP contribution >= 0.6 is 0 Å². The Morgan fingerprint density at radius 3 is 2.51 bits per heavy atom. The molecule has 2 fully saturated rings. The van der Waals surface area contributed by atoms with Crippen LogP contribution in [0.15, 0.2) is 59.7 Å². The molecule has 0 spiro atoms. The monoisotopic (exact) mass is 471 g/mol. The summed E-state index contributed by atoms with van der Waals surface area (Å²) in [6.07, 6.45) is 7.87. The molecule has 0 bridgehead atoms. The second kappa shape index (κ2) is 8.60. The van der Waals surface area contributed by atoms with Gasteiger partial charge in [0, 0.05) is 31.6 Å². The molecule has 2 N–H and O–H groups in total. The minimum atomic E-state index is -0.234. The number of rotatable bonds is 4. The number of nitrogens with zero attached hydrogens (tertiary/aromatic N) is 3. The number of hydrogen-bond donors (Lipinski definition) is 2. The number of fused-ring (bicyclic) bond motifs is 2. The number of likely N-dealkylation sites (tertiary alicyclic amines) is 2. The van der Waals surface area contributed by atoms with Crippen LogP contribution < -0.4 is 0 Å². The Balaban J connectivity index is 1.34. The third-order valence-electron chi connectivity index (χ3n) is 8.59. The molecule has 1 aromatic rings. The van der Waals surface area contributed by atoms with E-state index in [1.54, 1.807) is 18.2 Å². The van der Waals surface area contributed by atoms with Gasteiger partial charge in [0.1, 0.15) is 23.4 Å². The summed E-state index contributed by atoms with van der Waals surface area (Å²) < 4.78 is 13.8. The largest absolute Gasteiger partial charge is 0.356 e. The average molecular weight is 472 g/mol. The molecular formula is C28H30FN5O. The van der Waals surface area contributed by atoms with Gasteiger partial charge in [-0.2, -0.15) is 5.26 Å². The predicted molar refractivity (Wildman–Crippen MR) is 133 cm³/mol. The Bertz CT molecular complexity index is 1220. The fourth-order valence-electron chi connectivity index (χ4n) is 6.87. The van der Waals surface area contributed by atoms with Gasteiger partial charge in [-0.25, -0.2) is 4.39 Å². The molecule has 2 aliphatic heterocycles. The minimum Gasteiger partial charge on any atom is -0.356 e. The lowest BCUT2D eigenvalue weighted by molar-refractivity contribution is -0.139. The summed E-state index contributed by atoms with van der Waals surface area (Å²) >= 11 is 0. The van der Waals surface area contributed by atoms with E-state index in [0.717, 1.165) is 5.56 Å². The third kappa shape index (κ3) is 3.54. The van der Waals surface area contributed by atoms with Gasteiger partial charge in [-0.3, -0.25) is 15.6 Å². The molecule has 2 saturated heterocycles. The lowest BCUT2D eigenvalue weighted by atomic mass is 9.58. The molecule has 7 heteroatoms. The minimum absolute atomic E-state index is 0.142. The fourth-order valence-corrected chi connectivity index (χ4v) is 6.87. The second-order valence-electron chi connectivity index (χ2n) is 10.3. The van der Waals surface area contributed by atoms with E-state index in [2.05, 4.69) is 26.0 Å². The Kier molecular flexibility index (Phi) is 5.71. The summed E-state index contributed by atoms with van der Waals surface area (Å²) in [5.74, 6) is 0.707. The molecule has 0 saturated carbocycles. The van der Waals surface area contributed by atoms with Gasteiger partial charge in [0.25, 0.3) is 0 Å². The highest BCUT2D eigenvalue weighted by molar-refractivity contribution is 6.08. The molecule has 0 aromatic heterocycles. The van der Waals surface area contributed by atoms with Crippen LogP contribution in [-0.2, 0) is 10.2 Å². The molecule has 6 nitrogen and oxygen atoms in total. The lowest BCUT2D eigenvalue weighted by Crippen LogP contribution is -2.57. The van der Waals surface area contributed by atoms with E-state index in [-0.39, 0.29) is 46.4 Å².